The Balaban J connectivity index is 1.50. The Labute approximate surface area is 176 Å². The maximum atomic E-state index is 14.8. The van der Waals surface area contributed by atoms with Crippen LogP contribution >= 0.6 is 0 Å². The van der Waals surface area contributed by atoms with Gasteiger partial charge in [-0.1, -0.05) is 19.9 Å². The third-order valence-electron chi connectivity index (χ3n) is 9.13. The van der Waals surface area contributed by atoms with Gasteiger partial charge in [0.05, 0.1) is 6.10 Å². The summed E-state index contributed by atoms with van der Waals surface area (Å²) < 4.78 is 26.2. The Bertz CT molecular complexity index is 921. The van der Waals surface area contributed by atoms with Crippen molar-refractivity contribution in [3.05, 3.63) is 23.6 Å². The Hall–Kier alpha value is -1.82. The van der Waals surface area contributed by atoms with Gasteiger partial charge in [0, 0.05) is 18.3 Å². The molecule has 2 unspecified atom stereocenters. The topological polar surface area (TPSA) is 73.0 Å². The fourth-order valence-electron chi connectivity index (χ4n) is 8.04. The molecule has 0 N–H and O–H groups in total. The molecule has 8 atom stereocenters. The van der Waals surface area contributed by atoms with Gasteiger partial charge in [-0.2, -0.15) is 0 Å². The minimum Gasteiger partial charge on any atom is -0.458 e. The summed E-state index contributed by atoms with van der Waals surface area (Å²) in [5.41, 5.74) is -0.725. The highest BCUT2D eigenvalue weighted by Gasteiger charge is 2.79. The van der Waals surface area contributed by atoms with Crippen LogP contribution in [0.25, 0.3) is 0 Å². The largest absolute Gasteiger partial charge is 0.458 e. The highest BCUT2D eigenvalue weighted by molar-refractivity contribution is 6.04. The van der Waals surface area contributed by atoms with E-state index in [0.717, 1.165) is 19.3 Å². The van der Waals surface area contributed by atoms with Crippen LogP contribution in [0.3, 0.4) is 0 Å². The normalized spacial score (nSPS) is 48.4. The van der Waals surface area contributed by atoms with Gasteiger partial charge < -0.3 is 9.47 Å². The van der Waals surface area contributed by atoms with Crippen molar-refractivity contribution in [2.24, 2.45) is 34.5 Å². The summed E-state index contributed by atoms with van der Waals surface area (Å²) in [4.78, 5) is 36.2. The number of ketones is 2. The summed E-state index contributed by atoms with van der Waals surface area (Å²) >= 11 is 0. The number of carbonyl (C=O) groups is 3. The van der Waals surface area contributed by atoms with Gasteiger partial charge in [-0.25, -0.2) is 4.39 Å². The van der Waals surface area contributed by atoms with Crippen molar-refractivity contribution in [2.75, 3.05) is 6.61 Å². The lowest BCUT2D eigenvalue weighted by atomic mass is 9.47. The lowest BCUT2D eigenvalue weighted by Crippen LogP contribution is -2.57. The second kappa shape index (κ2) is 6.12. The molecule has 162 valence electrons. The predicted octanol–water partition coefficient (Wildman–Crippen LogP) is 3.72. The fraction of sp³-hybridized carbons (Fsp3) is 0.708. The number of hydrogen-bond donors (Lipinski definition) is 0. The standard InChI is InChI=1S/C24H29FO5/c1-12-9-16-14-5-6-15-21(25)17(27)7-8-23(15,4)24(14)19(30-24)10-22(16,3)20(12)18(28)11-29-13(2)26/h7-8,12,14,16,19-20H,5-6,9-11H2,1-4H3/t12-,14-,16-,19?,20-,22-,23-,24?/m0/s1. The van der Waals surface area contributed by atoms with E-state index in [0.29, 0.717) is 12.0 Å². The van der Waals surface area contributed by atoms with Crippen molar-refractivity contribution in [3.63, 3.8) is 0 Å². The minimum atomic E-state index is -0.608. The molecule has 0 bridgehead atoms. The minimum absolute atomic E-state index is 0.00680. The first-order valence-corrected chi connectivity index (χ1v) is 11.0. The second-order valence-electron chi connectivity index (χ2n) is 10.5. The molecule has 4 aliphatic carbocycles. The molecule has 5 aliphatic rings. The van der Waals surface area contributed by atoms with Crippen LogP contribution in [-0.4, -0.2) is 35.8 Å². The van der Waals surface area contributed by atoms with E-state index in [-0.39, 0.29) is 47.6 Å². The van der Waals surface area contributed by atoms with E-state index in [9.17, 15) is 18.8 Å². The second-order valence-corrected chi connectivity index (χ2v) is 10.5. The third-order valence-corrected chi connectivity index (χ3v) is 9.13. The zero-order chi connectivity index (χ0) is 21.6. The van der Waals surface area contributed by atoms with E-state index in [1.165, 1.54) is 13.0 Å². The SMILES string of the molecule is CC(=O)OCC(=O)[C@@H]1[C@@H](C)C[C@H]2[C@@H]3CCC4=C(F)C(=O)C=C[C@]4(C)C34OC4C[C@]12C. The van der Waals surface area contributed by atoms with E-state index >= 15 is 0 Å². The van der Waals surface area contributed by atoms with Gasteiger partial charge in [0.15, 0.2) is 11.6 Å². The monoisotopic (exact) mass is 416 g/mol. The number of ether oxygens (including phenoxy) is 2. The van der Waals surface area contributed by atoms with Gasteiger partial charge in [0.2, 0.25) is 5.78 Å². The maximum absolute atomic E-state index is 14.8. The zero-order valence-corrected chi connectivity index (χ0v) is 18.0. The van der Waals surface area contributed by atoms with E-state index < -0.39 is 28.6 Å². The number of rotatable bonds is 3. The van der Waals surface area contributed by atoms with Crippen LogP contribution in [-0.2, 0) is 23.9 Å². The van der Waals surface area contributed by atoms with Gasteiger partial charge in [-0.15, -0.1) is 0 Å². The van der Waals surface area contributed by atoms with Crippen molar-refractivity contribution in [1.29, 1.82) is 0 Å². The number of Topliss-reactive ketones (excluding diaryl/α,β-unsaturated/α-hetero) is 1. The Morgan fingerprint density at radius 2 is 2.03 bits per heavy atom. The van der Waals surface area contributed by atoms with E-state index in [1.807, 2.05) is 13.0 Å². The first-order valence-electron chi connectivity index (χ1n) is 11.0. The lowest BCUT2D eigenvalue weighted by Gasteiger charge is -2.54. The van der Waals surface area contributed by atoms with Crippen molar-refractivity contribution >= 4 is 17.5 Å². The summed E-state index contributed by atoms with van der Waals surface area (Å²) in [6.45, 7) is 7.47. The van der Waals surface area contributed by atoms with Gasteiger partial charge in [-0.05, 0) is 67.4 Å². The molecule has 1 saturated heterocycles. The predicted molar refractivity (Wildman–Crippen MR) is 106 cm³/mol. The average molecular weight is 416 g/mol. The number of fused-ring (bicyclic) bond motifs is 3. The molecule has 0 aromatic rings. The van der Waals surface area contributed by atoms with Crippen molar-refractivity contribution in [3.8, 4) is 0 Å². The molecule has 5 rings (SSSR count). The molecule has 0 aromatic heterocycles. The highest BCUT2D eigenvalue weighted by Crippen LogP contribution is 2.76. The first-order chi connectivity index (χ1) is 14.1. The summed E-state index contributed by atoms with van der Waals surface area (Å²) in [5.74, 6) is -1.07. The van der Waals surface area contributed by atoms with Crippen LogP contribution < -0.4 is 0 Å². The average Bonchev–Trinajstić information content (AvgIpc) is 3.32. The molecule has 1 spiro atoms. The number of allylic oxidation sites excluding steroid dienone is 2. The third kappa shape index (κ3) is 2.29. The van der Waals surface area contributed by atoms with Gasteiger partial charge in [0.25, 0.3) is 0 Å². The molecule has 3 saturated carbocycles. The number of epoxide rings is 1. The Morgan fingerprint density at radius 1 is 1.30 bits per heavy atom. The van der Waals surface area contributed by atoms with Crippen LogP contribution in [0.5, 0.6) is 0 Å². The van der Waals surface area contributed by atoms with Gasteiger partial charge in [0.1, 0.15) is 12.2 Å². The molecule has 4 fully saturated rings. The molecule has 0 aromatic carbocycles. The lowest BCUT2D eigenvalue weighted by molar-refractivity contribution is -0.149. The molecule has 5 nitrogen and oxygen atoms in total. The molecular weight excluding hydrogens is 387 g/mol. The van der Waals surface area contributed by atoms with Gasteiger partial charge >= 0.3 is 5.97 Å². The van der Waals surface area contributed by atoms with Crippen LogP contribution in [0, 0.1) is 34.5 Å². The van der Waals surface area contributed by atoms with Crippen molar-refractivity contribution < 1.29 is 28.2 Å². The number of hydrogen-bond acceptors (Lipinski definition) is 5. The van der Waals surface area contributed by atoms with Crippen molar-refractivity contribution in [2.45, 2.75) is 65.1 Å². The number of halogens is 1. The molecule has 30 heavy (non-hydrogen) atoms. The summed E-state index contributed by atoms with van der Waals surface area (Å²) in [7, 11) is 0. The van der Waals surface area contributed by atoms with E-state index in [2.05, 4.69) is 13.8 Å². The van der Waals surface area contributed by atoms with Crippen LogP contribution in [0.4, 0.5) is 4.39 Å². The summed E-state index contributed by atoms with van der Waals surface area (Å²) in [6, 6.07) is 0. The Morgan fingerprint density at radius 3 is 2.73 bits per heavy atom. The smallest absolute Gasteiger partial charge is 0.303 e. The van der Waals surface area contributed by atoms with Gasteiger partial charge in [-0.3, -0.25) is 14.4 Å². The quantitative estimate of drug-likeness (QED) is 0.518. The van der Waals surface area contributed by atoms with Crippen molar-refractivity contribution in [1.82, 2.24) is 0 Å². The van der Waals surface area contributed by atoms with E-state index in [1.54, 1.807) is 0 Å². The molecule has 1 heterocycles. The van der Waals surface area contributed by atoms with Crippen LogP contribution in [0.2, 0.25) is 0 Å². The fourth-order valence-corrected chi connectivity index (χ4v) is 8.04. The zero-order valence-electron chi connectivity index (χ0n) is 18.0. The molecule has 0 amide bonds. The maximum Gasteiger partial charge on any atom is 0.303 e. The molecule has 1 aliphatic heterocycles. The Kier molecular flexibility index (Phi) is 4.10. The van der Waals surface area contributed by atoms with Crippen LogP contribution in [0.15, 0.2) is 23.6 Å². The van der Waals surface area contributed by atoms with E-state index in [4.69, 9.17) is 9.47 Å². The highest BCUT2D eigenvalue weighted by atomic mass is 19.1. The van der Waals surface area contributed by atoms with Crippen LogP contribution in [0.1, 0.15) is 53.4 Å². The first kappa shape index (κ1) is 20.1. The molecule has 6 heteroatoms. The molecular formula is C24H29FO5. The summed E-state index contributed by atoms with van der Waals surface area (Å²) in [5, 5.41) is 0. The summed E-state index contributed by atoms with van der Waals surface area (Å²) in [6.07, 6.45) is 6.15. The number of carbonyl (C=O) groups excluding carboxylic acids is 3. The number of esters is 1. The molecule has 0 radical (unpaired) electrons.